The molecule has 1 aliphatic rings. The van der Waals surface area contributed by atoms with Gasteiger partial charge in [-0.1, -0.05) is 26.0 Å². The molecule has 0 saturated heterocycles. The van der Waals surface area contributed by atoms with Gasteiger partial charge in [-0.25, -0.2) is 4.79 Å². The Labute approximate surface area is 141 Å². The summed E-state index contributed by atoms with van der Waals surface area (Å²) >= 11 is 0. The molecule has 1 aliphatic heterocycles. The van der Waals surface area contributed by atoms with Crippen molar-refractivity contribution in [1.82, 2.24) is 14.5 Å². The Morgan fingerprint density at radius 3 is 2.59 bits per heavy atom. The zero-order valence-corrected chi connectivity index (χ0v) is 15.0. The second-order valence-electron chi connectivity index (χ2n) is 5.75. The maximum atomic E-state index is 12.1. The average molecular weight is 372 g/mol. The minimum atomic E-state index is 0. The molecule has 3 rings (SSSR count). The Morgan fingerprint density at radius 2 is 1.95 bits per heavy atom. The van der Waals surface area contributed by atoms with Crippen LogP contribution in [0.25, 0.3) is 11.0 Å². The molecule has 0 fully saturated rings. The Kier molecular flexibility index (Phi) is 6.84. The minimum Gasteiger partial charge on any atom is -0.412 e. The van der Waals surface area contributed by atoms with Crippen molar-refractivity contribution in [2.24, 2.45) is 0 Å². The number of rotatable bonds is 5. The second-order valence-corrected chi connectivity index (χ2v) is 5.75. The number of H-pyrrole nitrogens is 1. The van der Waals surface area contributed by atoms with E-state index < -0.39 is 0 Å². The van der Waals surface area contributed by atoms with Crippen molar-refractivity contribution in [1.29, 1.82) is 0 Å². The Balaban J connectivity index is 0.00000121. The van der Waals surface area contributed by atoms with Crippen LogP contribution in [-0.2, 0) is 13.0 Å². The molecule has 0 saturated carbocycles. The van der Waals surface area contributed by atoms with E-state index in [1.54, 1.807) is 0 Å². The van der Waals surface area contributed by atoms with Crippen molar-refractivity contribution in [2.75, 3.05) is 13.1 Å². The van der Waals surface area contributed by atoms with E-state index >= 15 is 0 Å². The summed E-state index contributed by atoms with van der Waals surface area (Å²) in [5, 5.41) is 0. The molecule has 1 aromatic carbocycles. The summed E-state index contributed by atoms with van der Waals surface area (Å²) in [5.41, 5.74) is 3.42. The predicted molar refractivity (Wildman–Crippen MR) is 96.1 cm³/mol. The fourth-order valence-corrected chi connectivity index (χ4v) is 3.46. The van der Waals surface area contributed by atoms with Crippen LogP contribution in [0, 0.1) is 0 Å². The molecule has 1 aromatic heterocycles. The number of halogens is 1. The van der Waals surface area contributed by atoms with Crippen molar-refractivity contribution in [3.63, 3.8) is 0 Å². The number of benzene rings is 1. The van der Waals surface area contributed by atoms with E-state index in [2.05, 4.69) is 29.8 Å². The van der Waals surface area contributed by atoms with Gasteiger partial charge in [-0.2, -0.15) is 0 Å². The maximum absolute atomic E-state index is 12.1. The van der Waals surface area contributed by atoms with Crippen LogP contribution in [0.1, 0.15) is 32.3 Å². The molecule has 0 amide bonds. The molecule has 3 N–H and O–H groups in total. The first-order chi connectivity index (χ1) is 9.74. The van der Waals surface area contributed by atoms with Gasteiger partial charge in [-0.3, -0.25) is 9.47 Å². The van der Waals surface area contributed by atoms with Gasteiger partial charge in [0.1, 0.15) is 0 Å². The first kappa shape index (κ1) is 18.9. The summed E-state index contributed by atoms with van der Waals surface area (Å²) in [5.74, 6) is 0. The minimum absolute atomic E-state index is 0. The highest BCUT2D eigenvalue weighted by Gasteiger charge is 2.26. The standard InChI is InChI=1S/C16H23N3O.BrH.H2O/c1-3-8-18(9-4-2)13-10-12-6-5-7-14-15(12)19(11-13)16(20)17-14;;/h5-7,13H,3-4,8-11H2,1-2H3,(H,17,20);1H;1H2. The quantitative estimate of drug-likeness (QED) is 0.873. The zero-order valence-electron chi connectivity index (χ0n) is 13.3. The molecule has 0 aliphatic carbocycles. The van der Waals surface area contributed by atoms with E-state index in [9.17, 15) is 4.79 Å². The first-order valence-electron chi connectivity index (χ1n) is 7.69. The lowest BCUT2D eigenvalue weighted by Crippen LogP contribution is -2.44. The van der Waals surface area contributed by atoms with Crippen LogP contribution in [0.5, 0.6) is 0 Å². The van der Waals surface area contributed by atoms with Gasteiger partial charge in [0.15, 0.2) is 0 Å². The normalized spacial score (nSPS) is 16.4. The van der Waals surface area contributed by atoms with Crippen LogP contribution in [0.3, 0.4) is 0 Å². The maximum Gasteiger partial charge on any atom is 0.326 e. The van der Waals surface area contributed by atoms with Crippen LogP contribution < -0.4 is 5.69 Å². The number of hydrogen-bond donors (Lipinski definition) is 1. The van der Waals surface area contributed by atoms with E-state index in [1.807, 2.05) is 16.7 Å². The van der Waals surface area contributed by atoms with Crippen LogP contribution in [0.2, 0.25) is 0 Å². The van der Waals surface area contributed by atoms with Crippen LogP contribution in [-0.4, -0.2) is 39.1 Å². The van der Waals surface area contributed by atoms with Crippen LogP contribution in [0.4, 0.5) is 0 Å². The van der Waals surface area contributed by atoms with Crippen molar-refractivity contribution < 1.29 is 5.48 Å². The zero-order chi connectivity index (χ0) is 14.1. The van der Waals surface area contributed by atoms with Gasteiger partial charge in [0, 0.05) is 12.6 Å². The van der Waals surface area contributed by atoms with Gasteiger partial charge in [0.25, 0.3) is 0 Å². The molecular formula is C16H26BrN3O2. The highest BCUT2D eigenvalue weighted by molar-refractivity contribution is 8.93. The third-order valence-corrected chi connectivity index (χ3v) is 4.26. The van der Waals surface area contributed by atoms with Crippen LogP contribution >= 0.6 is 17.0 Å². The summed E-state index contributed by atoms with van der Waals surface area (Å²) in [4.78, 5) is 17.6. The molecule has 1 unspecified atom stereocenters. The van der Waals surface area contributed by atoms with Gasteiger partial charge in [0.2, 0.25) is 0 Å². The first-order valence-corrected chi connectivity index (χ1v) is 7.69. The summed E-state index contributed by atoms with van der Waals surface area (Å²) in [6.45, 7) is 7.49. The lowest BCUT2D eigenvalue weighted by atomic mass is 9.99. The lowest BCUT2D eigenvalue weighted by Gasteiger charge is -2.34. The monoisotopic (exact) mass is 371 g/mol. The predicted octanol–water partition coefficient (Wildman–Crippen LogP) is 2.13. The number of nitrogens with zero attached hydrogens (tertiary/aromatic N) is 2. The molecule has 2 heterocycles. The molecule has 1 atom stereocenters. The number of nitrogens with one attached hydrogen (secondary N) is 1. The van der Waals surface area contributed by atoms with Gasteiger partial charge in [0.05, 0.1) is 11.0 Å². The molecule has 6 heteroatoms. The number of aromatic nitrogens is 2. The average Bonchev–Trinajstić information content (AvgIpc) is 2.77. The molecule has 5 nitrogen and oxygen atoms in total. The number of aromatic amines is 1. The highest BCUT2D eigenvalue weighted by Crippen LogP contribution is 2.25. The Hall–Kier alpha value is -1.11. The number of hydrogen-bond acceptors (Lipinski definition) is 2. The molecule has 22 heavy (non-hydrogen) atoms. The molecular weight excluding hydrogens is 346 g/mol. The molecule has 0 spiro atoms. The third-order valence-electron chi connectivity index (χ3n) is 4.26. The second kappa shape index (κ2) is 7.94. The lowest BCUT2D eigenvalue weighted by molar-refractivity contribution is 0.173. The topological polar surface area (TPSA) is 72.5 Å². The van der Waals surface area contributed by atoms with Crippen molar-refractivity contribution in [2.45, 2.75) is 45.7 Å². The largest absolute Gasteiger partial charge is 0.412 e. The van der Waals surface area contributed by atoms with E-state index in [-0.39, 0.29) is 28.1 Å². The summed E-state index contributed by atoms with van der Waals surface area (Å²) < 4.78 is 1.93. The van der Waals surface area contributed by atoms with E-state index in [0.717, 1.165) is 49.9 Å². The molecule has 2 aromatic rings. The smallest absolute Gasteiger partial charge is 0.326 e. The number of para-hydroxylation sites is 1. The SMILES string of the molecule is Br.CCCN(CCC)C1Cc2cccc3[nH]c(=O)n(c23)C1.O. The summed E-state index contributed by atoms with van der Waals surface area (Å²) in [7, 11) is 0. The molecule has 0 radical (unpaired) electrons. The number of imidazole rings is 1. The van der Waals surface area contributed by atoms with Crippen molar-refractivity contribution in [3.8, 4) is 0 Å². The highest BCUT2D eigenvalue weighted by atomic mass is 79.9. The van der Waals surface area contributed by atoms with Crippen LogP contribution in [0.15, 0.2) is 23.0 Å². The van der Waals surface area contributed by atoms with E-state index in [1.165, 1.54) is 5.56 Å². The van der Waals surface area contributed by atoms with E-state index in [4.69, 9.17) is 0 Å². The van der Waals surface area contributed by atoms with Gasteiger partial charge < -0.3 is 10.5 Å². The van der Waals surface area contributed by atoms with Crippen molar-refractivity contribution >= 4 is 28.0 Å². The third kappa shape index (κ3) is 3.29. The van der Waals surface area contributed by atoms with E-state index in [0.29, 0.717) is 6.04 Å². The van der Waals surface area contributed by atoms with Gasteiger partial charge in [-0.15, -0.1) is 17.0 Å². The van der Waals surface area contributed by atoms with Gasteiger partial charge in [-0.05, 0) is 44.0 Å². The van der Waals surface area contributed by atoms with Crippen molar-refractivity contribution in [3.05, 3.63) is 34.2 Å². The summed E-state index contributed by atoms with van der Waals surface area (Å²) in [6, 6.07) is 6.65. The fraction of sp³-hybridized carbons (Fsp3) is 0.562. The van der Waals surface area contributed by atoms with Gasteiger partial charge >= 0.3 is 5.69 Å². The fourth-order valence-electron chi connectivity index (χ4n) is 3.46. The molecule has 124 valence electrons. The Morgan fingerprint density at radius 1 is 1.27 bits per heavy atom. The molecule has 0 bridgehead atoms. The summed E-state index contributed by atoms with van der Waals surface area (Å²) in [6.07, 6.45) is 3.37. The Bertz CT molecular complexity index is 659.